The molecular formula is C31H33N5O6. The van der Waals surface area contributed by atoms with Crippen LogP contribution in [0.1, 0.15) is 47.3 Å². The average Bonchev–Trinajstić information content (AvgIpc) is 3.55. The van der Waals surface area contributed by atoms with Crippen molar-refractivity contribution in [3.05, 3.63) is 65.4 Å². The lowest BCUT2D eigenvalue weighted by Gasteiger charge is -2.36. The summed E-state index contributed by atoms with van der Waals surface area (Å²) in [5.41, 5.74) is 2.86. The number of aromatic amines is 1. The molecule has 1 saturated heterocycles. The Labute approximate surface area is 242 Å². The van der Waals surface area contributed by atoms with Gasteiger partial charge in [-0.25, -0.2) is 0 Å². The van der Waals surface area contributed by atoms with Gasteiger partial charge in [0, 0.05) is 42.4 Å². The molecule has 6 rings (SSSR count). The third kappa shape index (κ3) is 5.46. The Morgan fingerprint density at radius 1 is 1.05 bits per heavy atom. The number of rotatable bonds is 9. The fourth-order valence-electron chi connectivity index (χ4n) is 5.84. The standard InChI is InChI=1S/C31H33N5O6/c1-42-26-8-4-7-22-21(26)15-24(34-22)31(41)36-16-19-6-3-2-5-17(19)14-25(36)29(39)35-23(13-18-11-12-32-28(18)38)27(37)30(40)33-20-9-10-20/h2-8,15,18,20,23,25,34H,9-14,16H2,1H3,(H,32,38)(H,33,40)(H,35,39)/t18-,23?,25-/m0/s1. The molecule has 1 unspecified atom stereocenters. The van der Waals surface area contributed by atoms with Crippen molar-refractivity contribution in [1.82, 2.24) is 25.8 Å². The minimum Gasteiger partial charge on any atom is -0.496 e. The number of Topliss-reactive ketones (excluding diaryl/α,β-unsaturated/α-hetero) is 1. The number of nitrogens with one attached hydrogen (secondary N) is 4. The number of amides is 4. The van der Waals surface area contributed by atoms with E-state index in [0.717, 1.165) is 34.9 Å². The number of ether oxygens (including phenoxy) is 1. The Morgan fingerprint density at radius 2 is 1.83 bits per heavy atom. The number of benzene rings is 2. The van der Waals surface area contributed by atoms with Crippen molar-refractivity contribution in [3.8, 4) is 5.75 Å². The topological polar surface area (TPSA) is 150 Å². The molecule has 4 N–H and O–H groups in total. The summed E-state index contributed by atoms with van der Waals surface area (Å²) in [6.45, 7) is 0.662. The number of nitrogens with zero attached hydrogens (tertiary/aromatic N) is 1. The fraction of sp³-hybridized carbons (Fsp3) is 0.387. The number of ketones is 1. The summed E-state index contributed by atoms with van der Waals surface area (Å²) in [5.74, 6) is -2.58. The first-order valence-electron chi connectivity index (χ1n) is 14.3. The molecule has 11 heteroatoms. The van der Waals surface area contributed by atoms with Crippen LogP contribution in [0, 0.1) is 5.92 Å². The Morgan fingerprint density at radius 3 is 2.55 bits per heavy atom. The molecule has 11 nitrogen and oxygen atoms in total. The normalized spacial score (nSPS) is 20.4. The number of fused-ring (bicyclic) bond motifs is 2. The molecule has 2 aliphatic heterocycles. The van der Waals surface area contributed by atoms with E-state index in [1.807, 2.05) is 36.4 Å². The summed E-state index contributed by atoms with van der Waals surface area (Å²) in [5, 5.41) is 8.94. The number of H-pyrrole nitrogens is 1. The molecular weight excluding hydrogens is 538 g/mol. The van der Waals surface area contributed by atoms with Crippen LogP contribution in [0.4, 0.5) is 0 Å². The average molecular weight is 572 g/mol. The Kier molecular flexibility index (Phi) is 7.40. The van der Waals surface area contributed by atoms with Crippen LogP contribution in [-0.4, -0.2) is 71.1 Å². The lowest BCUT2D eigenvalue weighted by atomic mass is 9.91. The molecule has 3 aliphatic rings. The number of hydrogen-bond donors (Lipinski definition) is 4. The van der Waals surface area contributed by atoms with Gasteiger partial charge in [-0.1, -0.05) is 30.3 Å². The van der Waals surface area contributed by atoms with Crippen LogP contribution in [0.15, 0.2) is 48.5 Å². The lowest BCUT2D eigenvalue weighted by molar-refractivity contribution is -0.141. The van der Waals surface area contributed by atoms with Gasteiger partial charge in [0.2, 0.25) is 17.6 Å². The minimum atomic E-state index is -1.20. The van der Waals surface area contributed by atoms with Crippen LogP contribution in [0.25, 0.3) is 10.9 Å². The van der Waals surface area contributed by atoms with Gasteiger partial charge in [0.25, 0.3) is 11.8 Å². The number of aromatic nitrogens is 1. The highest BCUT2D eigenvalue weighted by atomic mass is 16.5. The van der Waals surface area contributed by atoms with E-state index in [-0.39, 0.29) is 37.2 Å². The maximum Gasteiger partial charge on any atom is 0.289 e. The third-order valence-corrected chi connectivity index (χ3v) is 8.34. The number of carbonyl (C=O) groups is 5. The Bertz CT molecular complexity index is 1580. The van der Waals surface area contributed by atoms with Gasteiger partial charge in [-0.05, 0) is 55.0 Å². The highest BCUT2D eigenvalue weighted by Crippen LogP contribution is 2.30. The van der Waals surface area contributed by atoms with Gasteiger partial charge in [0.05, 0.1) is 13.2 Å². The van der Waals surface area contributed by atoms with Crippen molar-refractivity contribution in [2.24, 2.45) is 5.92 Å². The molecule has 2 aromatic carbocycles. The van der Waals surface area contributed by atoms with Crippen LogP contribution in [0.5, 0.6) is 5.75 Å². The van der Waals surface area contributed by atoms with Gasteiger partial charge in [-0.15, -0.1) is 0 Å². The lowest BCUT2D eigenvalue weighted by Crippen LogP contribution is -2.57. The molecule has 1 aliphatic carbocycles. The van der Waals surface area contributed by atoms with Crippen LogP contribution in [0.2, 0.25) is 0 Å². The van der Waals surface area contributed by atoms with Gasteiger partial charge < -0.3 is 30.6 Å². The smallest absolute Gasteiger partial charge is 0.289 e. The van der Waals surface area contributed by atoms with E-state index < -0.39 is 35.6 Å². The summed E-state index contributed by atoms with van der Waals surface area (Å²) in [7, 11) is 1.56. The first-order chi connectivity index (χ1) is 20.3. The largest absolute Gasteiger partial charge is 0.496 e. The zero-order valence-electron chi connectivity index (χ0n) is 23.3. The molecule has 218 valence electrons. The second-order valence-electron chi connectivity index (χ2n) is 11.2. The molecule has 2 fully saturated rings. The van der Waals surface area contributed by atoms with E-state index in [9.17, 15) is 24.0 Å². The van der Waals surface area contributed by atoms with Crippen molar-refractivity contribution in [1.29, 1.82) is 0 Å². The van der Waals surface area contributed by atoms with Gasteiger partial charge in [-0.3, -0.25) is 24.0 Å². The minimum absolute atomic E-state index is 0.00750. The van der Waals surface area contributed by atoms with E-state index in [4.69, 9.17) is 4.74 Å². The van der Waals surface area contributed by atoms with E-state index in [2.05, 4.69) is 20.9 Å². The zero-order chi connectivity index (χ0) is 29.4. The molecule has 3 aromatic rings. The van der Waals surface area contributed by atoms with Gasteiger partial charge in [0.15, 0.2) is 0 Å². The quantitative estimate of drug-likeness (QED) is 0.287. The van der Waals surface area contributed by atoms with Crippen molar-refractivity contribution >= 4 is 40.3 Å². The second kappa shape index (κ2) is 11.3. The Hall–Kier alpha value is -4.67. The molecule has 42 heavy (non-hydrogen) atoms. The molecule has 0 spiro atoms. The predicted molar refractivity (Wildman–Crippen MR) is 152 cm³/mol. The predicted octanol–water partition coefficient (Wildman–Crippen LogP) is 1.60. The van der Waals surface area contributed by atoms with Crippen LogP contribution < -0.4 is 20.7 Å². The van der Waals surface area contributed by atoms with Crippen molar-refractivity contribution in [2.45, 2.75) is 56.8 Å². The Balaban J connectivity index is 1.29. The monoisotopic (exact) mass is 571 g/mol. The molecule has 0 bridgehead atoms. The number of carbonyl (C=O) groups excluding carboxylic acids is 5. The molecule has 4 amide bonds. The van der Waals surface area contributed by atoms with E-state index in [0.29, 0.717) is 24.4 Å². The SMILES string of the molecule is COc1cccc2[nH]c(C(=O)N3Cc4ccccc4C[C@H]3C(=O)NC(C[C@@H]3CCNC3=O)C(=O)C(=O)NC3CC3)cc12. The van der Waals surface area contributed by atoms with Gasteiger partial charge >= 0.3 is 0 Å². The number of hydrogen-bond acceptors (Lipinski definition) is 6. The highest BCUT2D eigenvalue weighted by Gasteiger charge is 2.40. The summed E-state index contributed by atoms with van der Waals surface area (Å²) in [4.78, 5) is 70.8. The van der Waals surface area contributed by atoms with Crippen LogP contribution in [-0.2, 0) is 32.1 Å². The van der Waals surface area contributed by atoms with Gasteiger partial charge in [0.1, 0.15) is 17.5 Å². The van der Waals surface area contributed by atoms with Crippen LogP contribution >= 0.6 is 0 Å². The maximum atomic E-state index is 14.0. The third-order valence-electron chi connectivity index (χ3n) is 8.34. The molecule has 0 radical (unpaired) electrons. The summed E-state index contributed by atoms with van der Waals surface area (Å²) in [6.07, 6.45) is 2.36. The molecule has 3 heterocycles. The van der Waals surface area contributed by atoms with E-state index >= 15 is 0 Å². The zero-order valence-corrected chi connectivity index (χ0v) is 23.3. The van der Waals surface area contributed by atoms with Crippen molar-refractivity contribution in [3.63, 3.8) is 0 Å². The number of methoxy groups -OCH3 is 1. The summed E-state index contributed by atoms with van der Waals surface area (Å²) in [6, 6.07) is 12.6. The van der Waals surface area contributed by atoms with Crippen LogP contribution in [0.3, 0.4) is 0 Å². The van der Waals surface area contributed by atoms with Crippen molar-refractivity contribution in [2.75, 3.05) is 13.7 Å². The fourth-order valence-corrected chi connectivity index (χ4v) is 5.84. The van der Waals surface area contributed by atoms with Gasteiger partial charge in [-0.2, -0.15) is 0 Å². The molecule has 1 aromatic heterocycles. The molecule has 1 saturated carbocycles. The highest BCUT2D eigenvalue weighted by molar-refractivity contribution is 6.38. The maximum absolute atomic E-state index is 14.0. The van der Waals surface area contributed by atoms with Crippen molar-refractivity contribution < 1.29 is 28.7 Å². The molecule has 3 atom stereocenters. The first-order valence-corrected chi connectivity index (χ1v) is 14.3. The summed E-state index contributed by atoms with van der Waals surface area (Å²) < 4.78 is 5.45. The van der Waals surface area contributed by atoms with E-state index in [1.54, 1.807) is 19.2 Å². The van der Waals surface area contributed by atoms with E-state index in [1.165, 1.54) is 4.90 Å². The first kappa shape index (κ1) is 27.5. The summed E-state index contributed by atoms with van der Waals surface area (Å²) >= 11 is 0. The second-order valence-corrected chi connectivity index (χ2v) is 11.2.